The van der Waals surface area contributed by atoms with Crippen LogP contribution in [0.1, 0.15) is 5.56 Å². The van der Waals surface area contributed by atoms with E-state index >= 15 is 0 Å². The lowest BCUT2D eigenvalue weighted by molar-refractivity contribution is 0.618. The third-order valence-electron chi connectivity index (χ3n) is 3.72. The zero-order chi connectivity index (χ0) is 14.7. The topological polar surface area (TPSA) is 31.4 Å². The van der Waals surface area contributed by atoms with Gasteiger partial charge in [-0.15, -0.1) is 11.3 Å². The predicted molar refractivity (Wildman–Crippen MR) is 85.7 cm³/mol. The lowest BCUT2D eigenvalue weighted by atomic mass is 10.1. The third kappa shape index (κ3) is 3.16. The van der Waals surface area contributed by atoms with Crippen LogP contribution in [0, 0.1) is 5.82 Å². The zero-order valence-corrected chi connectivity index (χ0v) is 12.9. The number of anilines is 2. The van der Waals surface area contributed by atoms with E-state index in [0.717, 1.165) is 42.6 Å². The summed E-state index contributed by atoms with van der Waals surface area (Å²) < 4.78 is 13.4. The van der Waals surface area contributed by atoms with Crippen molar-refractivity contribution in [2.24, 2.45) is 0 Å². The van der Waals surface area contributed by atoms with Gasteiger partial charge in [-0.3, -0.25) is 0 Å². The van der Waals surface area contributed by atoms with E-state index in [1.54, 1.807) is 23.5 Å². The molecule has 0 bridgehead atoms. The van der Waals surface area contributed by atoms with Crippen LogP contribution in [0.25, 0.3) is 0 Å². The van der Waals surface area contributed by atoms with Gasteiger partial charge in [-0.1, -0.05) is 0 Å². The number of aromatic nitrogens is 1. The van der Waals surface area contributed by atoms with E-state index in [1.807, 2.05) is 24.7 Å². The van der Waals surface area contributed by atoms with E-state index in [-0.39, 0.29) is 5.82 Å². The second kappa shape index (κ2) is 6.41. The van der Waals surface area contributed by atoms with Crippen LogP contribution in [0.15, 0.2) is 29.8 Å². The van der Waals surface area contributed by atoms with Crippen molar-refractivity contribution in [2.75, 3.05) is 43.0 Å². The van der Waals surface area contributed by atoms with Crippen molar-refractivity contribution in [2.45, 2.75) is 6.54 Å². The number of thiazole rings is 1. The molecule has 0 aliphatic carbocycles. The molecule has 2 aromatic rings. The van der Waals surface area contributed by atoms with Crippen molar-refractivity contribution in [3.63, 3.8) is 0 Å². The molecule has 0 spiro atoms. The first-order valence-electron chi connectivity index (χ1n) is 7.10. The predicted octanol–water partition coefficient (Wildman–Crippen LogP) is 2.33. The Hall–Kier alpha value is -1.66. The number of hydrogen-bond donors (Lipinski definition) is 1. The van der Waals surface area contributed by atoms with Crippen molar-refractivity contribution in [3.05, 3.63) is 41.2 Å². The molecule has 4 nitrogen and oxygen atoms in total. The lowest BCUT2D eigenvalue weighted by Crippen LogP contribution is -2.46. The highest BCUT2D eigenvalue weighted by molar-refractivity contribution is 7.13. The van der Waals surface area contributed by atoms with Gasteiger partial charge >= 0.3 is 0 Å². The average Bonchev–Trinajstić information content (AvgIpc) is 3.02. The third-order valence-corrected chi connectivity index (χ3v) is 4.55. The van der Waals surface area contributed by atoms with E-state index in [1.165, 1.54) is 0 Å². The molecule has 1 aliphatic rings. The summed E-state index contributed by atoms with van der Waals surface area (Å²) in [6, 6.07) is 5.06. The second-order valence-corrected chi connectivity index (χ2v) is 5.97. The van der Waals surface area contributed by atoms with Crippen LogP contribution in [0.5, 0.6) is 0 Å². The standard InChI is InChI=1S/C15H19FN4S/c1-17-11-12-10-13(16)2-3-14(12)19-5-7-20(8-6-19)15-18-4-9-21-15/h2-4,9-10,17H,5-8,11H2,1H3. The van der Waals surface area contributed by atoms with Crippen molar-refractivity contribution in [1.29, 1.82) is 0 Å². The maximum absolute atomic E-state index is 13.4. The Bertz CT molecular complexity index is 579. The van der Waals surface area contributed by atoms with Gasteiger partial charge in [0.15, 0.2) is 5.13 Å². The van der Waals surface area contributed by atoms with Gasteiger partial charge in [0.1, 0.15) is 5.82 Å². The highest BCUT2D eigenvalue weighted by atomic mass is 32.1. The number of rotatable bonds is 4. The fourth-order valence-corrected chi connectivity index (χ4v) is 3.40. The Morgan fingerprint density at radius 1 is 1.24 bits per heavy atom. The molecule has 1 N–H and O–H groups in total. The lowest BCUT2D eigenvalue weighted by Gasteiger charge is -2.37. The molecule has 1 saturated heterocycles. The number of benzene rings is 1. The maximum Gasteiger partial charge on any atom is 0.185 e. The molecule has 1 aromatic heterocycles. The van der Waals surface area contributed by atoms with Crippen LogP contribution in [0.3, 0.4) is 0 Å². The number of nitrogens with zero attached hydrogens (tertiary/aromatic N) is 3. The molecule has 0 unspecified atom stereocenters. The molecular formula is C15H19FN4S. The summed E-state index contributed by atoms with van der Waals surface area (Å²) in [7, 11) is 1.88. The average molecular weight is 306 g/mol. The summed E-state index contributed by atoms with van der Waals surface area (Å²) in [6.07, 6.45) is 1.84. The van der Waals surface area contributed by atoms with Crippen LogP contribution in [0.4, 0.5) is 15.2 Å². The Morgan fingerprint density at radius 2 is 2.00 bits per heavy atom. The minimum atomic E-state index is -0.176. The molecule has 0 amide bonds. The molecule has 3 rings (SSSR count). The van der Waals surface area contributed by atoms with Gasteiger partial charge in [-0.05, 0) is 30.8 Å². The highest BCUT2D eigenvalue weighted by Crippen LogP contribution is 2.25. The summed E-state index contributed by atoms with van der Waals surface area (Å²) in [4.78, 5) is 9.00. The number of hydrogen-bond acceptors (Lipinski definition) is 5. The van der Waals surface area contributed by atoms with Crippen molar-refractivity contribution >= 4 is 22.2 Å². The van der Waals surface area contributed by atoms with Crippen molar-refractivity contribution in [1.82, 2.24) is 10.3 Å². The van der Waals surface area contributed by atoms with Crippen molar-refractivity contribution < 1.29 is 4.39 Å². The Morgan fingerprint density at radius 3 is 2.67 bits per heavy atom. The smallest absolute Gasteiger partial charge is 0.185 e. The quantitative estimate of drug-likeness (QED) is 0.939. The molecule has 1 fully saturated rings. The van der Waals surface area contributed by atoms with E-state index in [4.69, 9.17) is 0 Å². The van der Waals surface area contributed by atoms with Gasteiger partial charge in [0, 0.05) is 50.0 Å². The van der Waals surface area contributed by atoms with E-state index in [2.05, 4.69) is 20.1 Å². The summed E-state index contributed by atoms with van der Waals surface area (Å²) in [5, 5.41) is 6.20. The molecule has 0 saturated carbocycles. The minimum absolute atomic E-state index is 0.176. The van der Waals surface area contributed by atoms with E-state index in [9.17, 15) is 4.39 Å². The first-order valence-corrected chi connectivity index (χ1v) is 7.98. The van der Waals surface area contributed by atoms with E-state index in [0.29, 0.717) is 6.54 Å². The molecule has 1 aliphatic heterocycles. The summed E-state index contributed by atoms with van der Waals surface area (Å²) in [6.45, 7) is 4.44. The molecule has 0 atom stereocenters. The zero-order valence-electron chi connectivity index (χ0n) is 12.1. The monoisotopic (exact) mass is 306 g/mol. The fraction of sp³-hybridized carbons (Fsp3) is 0.400. The minimum Gasteiger partial charge on any atom is -0.368 e. The normalized spacial score (nSPS) is 15.5. The molecule has 1 aromatic carbocycles. The van der Waals surface area contributed by atoms with Gasteiger partial charge < -0.3 is 15.1 Å². The molecule has 0 radical (unpaired) electrons. The molecule has 2 heterocycles. The van der Waals surface area contributed by atoms with Crippen LogP contribution in [-0.2, 0) is 6.54 Å². The van der Waals surface area contributed by atoms with Gasteiger partial charge in [0.25, 0.3) is 0 Å². The van der Waals surface area contributed by atoms with Crippen LogP contribution in [-0.4, -0.2) is 38.2 Å². The summed E-state index contributed by atoms with van der Waals surface area (Å²) in [5.74, 6) is -0.176. The summed E-state index contributed by atoms with van der Waals surface area (Å²) in [5.41, 5.74) is 2.14. The fourth-order valence-electron chi connectivity index (χ4n) is 2.71. The van der Waals surface area contributed by atoms with E-state index < -0.39 is 0 Å². The van der Waals surface area contributed by atoms with Crippen LogP contribution < -0.4 is 15.1 Å². The van der Waals surface area contributed by atoms with Gasteiger partial charge in [-0.25, -0.2) is 9.37 Å². The Balaban J connectivity index is 1.72. The van der Waals surface area contributed by atoms with Gasteiger partial charge in [0.2, 0.25) is 0 Å². The van der Waals surface area contributed by atoms with Gasteiger partial charge in [0.05, 0.1) is 0 Å². The molecule has 6 heteroatoms. The van der Waals surface area contributed by atoms with Crippen molar-refractivity contribution in [3.8, 4) is 0 Å². The number of halogens is 1. The Labute approximate surface area is 128 Å². The highest BCUT2D eigenvalue weighted by Gasteiger charge is 2.20. The Kier molecular flexibility index (Phi) is 4.36. The first kappa shape index (κ1) is 14.3. The van der Waals surface area contributed by atoms with Crippen LogP contribution in [0.2, 0.25) is 0 Å². The molecule has 112 valence electrons. The molecular weight excluding hydrogens is 287 g/mol. The largest absolute Gasteiger partial charge is 0.368 e. The summed E-state index contributed by atoms with van der Waals surface area (Å²) >= 11 is 1.68. The number of nitrogens with one attached hydrogen (secondary N) is 1. The maximum atomic E-state index is 13.4. The molecule has 21 heavy (non-hydrogen) atoms. The number of piperazine rings is 1. The van der Waals surface area contributed by atoms with Crippen LogP contribution >= 0.6 is 11.3 Å². The first-order chi connectivity index (χ1) is 10.3. The second-order valence-electron chi connectivity index (χ2n) is 5.09. The SMILES string of the molecule is CNCc1cc(F)ccc1N1CCN(c2nccs2)CC1. The van der Waals surface area contributed by atoms with Gasteiger partial charge in [-0.2, -0.15) is 0 Å².